The van der Waals surface area contributed by atoms with Crippen LogP contribution in [0.5, 0.6) is 0 Å². The normalized spacial score (nSPS) is 9.75. The molecule has 0 spiro atoms. The lowest BCUT2D eigenvalue weighted by atomic mass is 10.3. The number of rotatable bonds is 4. The molecule has 2 N–H and O–H groups in total. The number of nitrogens with one attached hydrogen (secondary N) is 2. The molecule has 12 heavy (non-hydrogen) atoms. The Morgan fingerprint density at radius 1 is 1.67 bits per heavy atom. The topological polar surface area (TPSA) is 57.8 Å². The van der Waals surface area contributed by atoms with Crippen LogP contribution in [0.15, 0.2) is 17.2 Å². The molecular formula is C8H13N3O. The van der Waals surface area contributed by atoms with Gasteiger partial charge in [0.2, 0.25) is 0 Å². The van der Waals surface area contributed by atoms with Crippen LogP contribution < -0.4 is 10.9 Å². The van der Waals surface area contributed by atoms with Crippen molar-refractivity contribution in [3.63, 3.8) is 0 Å². The lowest BCUT2D eigenvalue weighted by Gasteiger charge is -2.01. The molecule has 0 fully saturated rings. The van der Waals surface area contributed by atoms with Gasteiger partial charge in [-0.2, -0.15) is 0 Å². The monoisotopic (exact) mass is 167 g/mol. The second kappa shape index (κ2) is 4.54. The molecule has 0 aromatic carbocycles. The third kappa shape index (κ3) is 2.74. The number of hydrogen-bond acceptors (Lipinski definition) is 3. The van der Waals surface area contributed by atoms with Crippen LogP contribution in [0.2, 0.25) is 0 Å². The van der Waals surface area contributed by atoms with Crippen molar-refractivity contribution >= 4 is 5.82 Å². The molecule has 4 heteroatoms. The van der Waals surface area contributed by atoms with Gasteiger partial charge in [-0.05, 0) is 6.42 Å². The van der Waals surface area contributed by atoms with Crippen LogP contribution in [0.1, 0.15) is 19.8 Å². The summed E-state index contributed by atoms with van der Waals surface area (Å²) in [6.45, 7) is 2.99. The Morgan fingerprint density at radius 2 is 2.50 bits per heavy atom. The summed E-state index contributed by atoms with van der Waals surface area (Å²) in [7, 11) is 0. The van der Waals surface area contributed by atoms with Crippen molar-refractivity contribution in [1.29, 1.82) is 0 Å². The van der Waals surface area contributed by atoms with Gasteiger partial charge in [-0.3, -0.25) is 4.79 Å². The number of unbranched alkanes of at least 4 members (excludes halogenated alkanes) is 1. The van der Waals surface area contributed by atoms with Gasteiger partial charge in [0.05, 0.1) is 6.33 Å². The van der Waals surface area contributed by atoms with Crippen molar-refractivity contribution in [2.24, 2.45) is 0 Å². The molecule has 1 heterocycles. The van der Waals surface area contributed by atoms with Gasteiger partial charge < -0.3 is 10.3 Å². The van der Waals surface area contributed by atoms with Crippen molar-refractivity contribution in [2.75, 3.05) is 11.9 Å². The fraction of sp³-hybridized carbons (Fsp3) is 0.500. The van der Waals surface area contributed by atoms with E-state index in [2.05, 4.69) is 22.2 Å². The Hall–Kier alpha value is -1.32. The zero-order chi connectivity index (χ0) is 8.81. The number of hydrogen-bond donors (Lipinski definition) is 2. The second-order valence-electron chi connectivity index (χ2n) is 2.58. The predicted molar refractivity (Wildman–Crippen MR) is 48.3 cm³/mol. The molecule has 1 aromatic rings. The van der Waals surface area contributed by atoms with Crippen LogP contribution in [-0.4, -0.2) is 16.5 Å². The highest BCUT2D eigenvalue weighted by molar-refractivity contribution is 5.31. The first-order chi connectivity index (χ1) is 5.83. The molecule has 0 radical (unpaired) electrons. The average Bonchev–Trinajstić information content (AvgIpc) is 2.05. The zero-order valence-electron chi connectivity index (χ0n) is 7.13. The average molecular weight is 167 g/mol. The number of H-pyrrole nitrogens is 1. The standard InChI is InChI=1S/C8H13N3O/c1-2-3-4-9-7-5-8(12)11-6-10-7/h5-6H,2-4H2,1H3,(H2,9,10,11,12). The van der Waals surface area contributed by atoms with Gasteiger partial charge in [0.15, 0.2) is 0 Å². The van der Waals surface area contributed by atoms with Gasteiger partial charge in [-0.1, -0.05) is 13.3 Å². The molecule has 66 valence electrons. The van der Waals surface area contributed by atoms with E-state index in [0.29, 0.717) is 5.82 Å². The largest absolute Gasteiger partial charge is 0.370 e. The highest BCUT2D eigenvalue weighted by atomic mass is 16.1. The van der Waals surface area contributed by atoms with Crippen LogP contribution in [0.3, 0.4) is 0 Å². The lowest BCUT2D eigenvalue weighted by molar-refractivity contribution is 0.830. The minimum Gasteiger partial charge on any atom is -0.370 e. The van der Waals surface area contributed by atoms with Gasteiger partial charge in [-0.25, -0.2) is 4.98 Å². The highest BCUT2D eigenvalue weighted by Crippen LogP contribution is 1.95. The number of aromatic amines is 1. The number of aromatic nitrogens is 2. The molecule has 1 aromatic heterocycles. The fourth-order valence-corrected chi connectivity index (χ4v) is 0.858. The molecule has 0 aliphatic heterocycles. The Labute approximate surface area is 71.0 Å². The lowest BCUT2D eigenvalue weighted by Crippen LogP contribution is -2.09. The van der Waals surface area contributed by atoms with Crippen molar-refractivity contribution in [3.05, 3.63) is 22.7 Å². The summed E-state index contributed by atoms with van der Waals surface area (Å²) >= 11 is 0. The van der Waals surface area contributed by atoms with Crippen LogP contribution >= 0.6 is 0 Å². The quantitative estimate of drug-likeness (QED) is 0.657. The van der Waals surface area contributed by atoms with E-state index in [0.717, 1.165) is 19.4 Å². The van der Waals surface area contributed by atoms with Gasteiger partial charge in [0.25, 0.3) is 5.56 Å². The van der Waals surface area contributed by atoms with E-state index in [4.69, 9.17) is 0 Å². The van der Waals surface area contributed by atoms with E-state index in [1.165, 1.54) is 12.4 Å². The first-order valence-corrected chi connectivity index (χ1v) is 4.11. The maximum absolute atomic E-state index is 10.8. The van der Waals surface area contributed by atoms with Crippen molar-refractivity contribution < 1.29 is 0 Å². The Morgan fingerprint density at radius 3 is 3.17 bits per heavy atom. The molecule has 0 atom stereocenters. The summed E-state index contributed by atoms with van der Waals surface area (Å²) in [5, 5.41) is 3.06. The van der Waals surface area contributed by atoms with Crippen molar-refractivity contribution in [3.8, 4) is 0 Å². The number of anilines is 1. The SMILES string of the molecule is CCCCNc1cc(=O)[nH]cn1. The van der Waals surface area contributed by atoms with Gasteiger partial charge in [0, 0.05) is 12.6 Å². The summed E-state index contributed by atoms with van der Waals surface area (Å²) in [5.41, 5.74) is -0.121. The van der Waals surface area contributed by atoms with E-state index in [1.54, 1.807) is 0 Å². The van der Waals surface area contributed by atoms with E-state index in [-0.39, 0.29) is 5.56 Å². The van der Waals surface area contributed by atoms with E-state index < -0.39 is 0 Å². The van der Waals surface area contributed by atoms with E-state index >= 15 is 0 Å². The molecular weight excluding hydrogens is 154 g/mol. The second-order valence-corrected chi connectivity index (χ2v) is 2.58. The van der Waals surface area contributed by atoms with Crippen LogP contribution in [-0.2, 0) is 0 Å². The first-order valence-electron chi connectivity index (χ1n) is 4.11. The summed E-state index contributed by atoms with van der Waals surface area (Å²) in [6, 6.07) is 1.45. The van der Waals surface area contributed by atoms with Crippen molar-refractivity contribution in [1.82, 2.24) is 9.97 Å². The van der Waals surface area contributed by atoms with Gasteiger partial charge >= 0.3 is 0 Å². The predicted octanol–water partition coefficient (Wildman–Crippen LogP) is 0.982. The van der Waals surface area contributed by atoms with Crippen LogP contribution in [0.4, 0.5) is 5.82 Å². The van der Waals surface area contributed by atoms with Gasteiger partial charge in [-0.15, -0.1) is 0 Å². The summed E-state index contributed by atoms with van der Waals surface area (Å²) in [5.74, 6) is 0.646. The maximum Gasteiger partial charge on any atom is 0.252 e. The smallest absolute Gasteiger partial charge is 0.252 e. The molecule has 0 unspecified atom stereocenters. The molecule has 0 amide bonds. The molecule has 0 saturated heterocycles. The van der Waals surface area contributed by atoms with E-state index in [1.807, 2.05) is 0 Å². The summed E-state index contributed by atoms with van der Waals surface area (Å²) in [6.07, 6.45) is 3.63. The third-order valence-electron chi connectivity index (χ3n) is 1.51. The van der Waals surface area contributed by atoms with Crippen LogP contribution in [0.25, 0.3) is 0 Å². The molecule has 4 nitrogen and oxygen atoms in total. The fourth-order valence-electron chi connectivity index (χ4n) is 0.858. The highest BCUT2D eigenvalue weighted by Gasteiger charge is 1.91. The molecule has 1 rings (SSSR count). The Balaban J connectivity index is 2.47. The first kappa shape index (κ1) is 8.77. The van der Waals surface area contributed by atoms with Crippen LogP contribution in [0, 0.1) is 0 Å². The minimum absolute atomic E-state index is 0.121. The molecule has 0 aliphatic rings. The molecule has 0 bridgehead atoms. The Bertz CT molecular complexity index is 282. The van der Waals surface area contributed by atoms with E-state index in [9.17, 15) is 4.79 Å². The van der Waals surface area contributed by atoms with Crippen molar-refractivity contribution in [2.45, 2.75) is 19.8 Å². The summed E-state index contributed by atoms with van der Waals surface area (Å²) in [4.78, 5) is 17.2. The maximum atomic E-state index is 10.8. The zero-order valence-corrected chi connectivity index (χ0v) is 7.13. The Kier molecular flexibility index (Phi) is 3.32. The minimum atomic E-state index is -0.121. The number of nitrogens with zero attached hydrogens (tertiary/aromatic N) is 1. The molecule has 0 saturated carbocycles. The summed E-state index contributed by atoms with van der Waals surface area (Å²) < 4.78 is 0. The van der Waals surface area contributed by atoms with Gasteiger partial charge in [0.1, 0.15) is 5.82 Å². The third-order valence-corrected chi connectivity index (χ3v) is 1.51. The molecule has 0 aliphatic carbocycles.